The van der Waals surface area contributed by atoms with E-state index in [1.807, 2.05) is 24.3 Å². The first-order valence-electron chi connectivity index (χ1n) is 11.2. The maximum atomic E-state index is 12.5. The standard InChI is InChI=1S/C23H36N2O3.ClH/c1-2-3-8-16-27-21-12-9-11-20(17-21)24-23(26)28-22-13-5-4-10-19(22)18-25-14-6-7-15-25;/h9,11-12,17,19,22H,2-8,10,13-16,18H2,1H3,(H,24,26);1H/t19-,22+;/m1./s1. The predicted octanol–water partition coefficient (Wildman–Crippen LogP) is 5.88. The summed E-state index contributed by atoms with van der Waals surface area (Å²) < 4.78 is 11.6. The Morgan fingerprint density at radius 3 is 2.72 bits per heavy atom. The van der Waals surface area contributed by atoms with Gasteiger partial charge in [0.15, 0.2) is 0 Å². The van der Waals surface area contributed by atoms with Gasteiger partial charge in [0.05, 0.1) is 6.61 Å². The minimum absolute atomic E-state index is 0. The van der Waals surface area contributed by atoms with Crippen LogP contribution >= 0.6 is 12.4 Å². The van der Waals surface area contributed by atoms with Gasteiger partial charge in [-0.15, -0.1) is 12.4 Å². The molecule has 0 bridgehead atoms. The van der Waals surface area contributed by atoms with Gasteiger partial charge >= 0.3 is 6.09 Å². The van der Waals surface area contributed by atoms with Crippen LogP contribution in [0, 0.1) is 5.92 Å². The highest BCUT2D eigenvalue weighted by molar-refractivity contribution is 5.85. The number of unbranched alkanes of at least 4 members (excludes halogenated alkanes) is 2. The van der Waals surface area contributed by atoms with Crippen LogP contribution in [-0.2, 0) is 4.74 Å². The van der Waals surface area contributed by atoms with Crippen molar-refractivity contribution in [2.45, 2.75) is 70.8 Å². The van der Waals surface area contributed by atoms with Crippen molar-refractivity contribution in [1.82, 2.24) is 4.90 Å². The van der Waals surface area contributed by atoms with Gasteiger partial charge < -0.3 is 14.4 Å². The van der Waals surface area contributed by atoms with Gasteiger partial charge in [0.2, 0.25) is 0 Å². The molecule has 3 rings (SSSR count). The molecule has 1 aliphatic heterocycles. The molecule has 2 aliphatic rings. The molecule has 5 nitrogen and oxygen atoms in total. The molecule has 164 valence electrons. The van der Waals surface area contributed by atoms with Crippen molar-refractivity contribution in [2.75, 3.05) is 31.6 Å². The highest BCUT2D eigenvalue weighted by Gasteiger charge is 2.30. The van der Waals surface area contributed by atoms with Crippen molar-refractivity contribution in [3.05, 3.63) is 24.3 Å². The van der Waals surface area contributed by atoms with Crippen molar-refractivity contribution in [1.29, 1.82) is 0 Å². The third kappa shape index (κ3) is 8.06. The van der Waals surface area contributed by atoms with Crippen LogP contribution in [0.25, 0.3) is 0 Å². The Hall–Kier alpha value is -1.46. The van der Waals surface area contributed by atoms with E-state index in [1.165, 1.54) is 45.2 Å². The first-order chi connectivity index (χ1) is 13.7. The van der Waals surface area contributed by atoms with Crippen LogP contribution < -0.4 is 10.1 Å². The maximum absolute atomic E-state index is 12.5. The van der Waals surface area contributed by atoms with E-state index in [4.69, 9.17) is 9.47 Å². The Morgan fingerprint density at radius 1 is 1.14 bits per heavy atom. The molecule has 2 fully saturated rings. The Bertz CT molecular complexity index is 608. The van der Waals surface area contributed by atoms with E-state index in [9.17, 15) is 4.79 Å². The van der Waals surface area contributed by atoms with Crippen molar-refractivity contribution in [2.24, 2.45) is 5.92 Å². The molecule has 1 amide bonds. The molecule has 1 aliphatic carbocycles. The highest BCUT2D eigenvalue weighted by atomic mass is 35.5. The van der Waals surface area contributed by atoms with Gasteiger partial charge in [-0.1, -0.05) is 32.3 Å². The number of ether oxygens (including phenoxy) is 2. The molecule has 1 aromatic carbocycles. The molecule has 0 unspecified atom stereocenters. The lowest BCUT2D eigenvalue weighted by atomic mass is 9.86. The first-order valence-corrected chi connectivity index (χ1v) is 11.2. The molecular formula is C23H37ClN2O3. The molecule has 29 heavy (non-hydrogen) atoms. The number of nitrogens with one attached hydrogen (secondary N) is 1. The summed E-state index contributed by atoms with van der Waals surface area (Å²) >= 11 is 0. The minimum atomic E-state index is -0.346. The Kier molecular flexibility index (Phi) is 10.6. The molecular weight excluding hydrogens is 388 g/mol. The lowest BCUT2D eigenvalue weighted by Gasteiger charge is -2.33. The highest BCUT2D eigenvalue weighted by Crippen LogP contribution is 2.29. The Balaban J connectivity index is 0.00000300. The summed E-state index contributed by atoms with van der Waals surface area (Å²) in [6.45, 7) is 6.35. The number of anilines is 1. The topological polar surface area (TPSA) is 50.8 Å². The summed E-state index contributed by atoms with van der Waals surface area (Å²) in [6.07, 6.45) is 10.2. The second-order valence-corrected chi connectivity index (χ2v) is 8.20. The third-order valence-electron chi connectivity index (χ3n) is 5.89. The molecule has 1 saturated carbocycles. The zero-order valence-corrected chi connectivity index (χ0v) is 18.6. The van der Waals surface area contributed by atoms with Crippen LogP contribution in [0.1, 0.15) is 64.7 Å². The molecule has 1 heterocycles. The number of benzene rings is 1. The molecule has 1 N–H and O–H groups in total. The van der Waals surface area contributed by atoms with Crippen molar-refractivity contribution in [3.63, 3.8) is 0 Å². The number of hydrogen-bond acceptors (Lipinski definition) is 4. The summed E-state index contributed by atoms with van der Waals surface area (Å²) in [5.41, 5.74) is 0.727. The maximum Gasteiger partial charge on any atom is 0.411 e. The van der Waals surface area contributed by atoms with Crippen molar-refractivity contribution >= 4 is 24.2 Å². The average Bonchev–Trinajstić information content (AvgIpc) is 3.20. The van der Waals surface area contributed by atoms with Gasteiger partial charge in [-0.25, -0.2) is 4.79 Å². The fourth-order valence-corrected chi connectivity index (χ4v) is 4.33. The lowest BCUT2D eigenvalue weighted by molar-refractivity contribution is 0.0327. The fraction of sp³-hybridized carbons (Fsp3) is 0.696. The molecule has 0 aromatic heterocycles. The van der Waals surface area contributed by atoms with E-state index < -0.39 is 0 Å². The van der Waals surface area contributed by atoms with Crippen LogP contribution in [0.2, 0.25) is 0 Å². The van der Waals surface area contributed by atoms with Crippen LogP contribution in [-0.4, -0.2) is 43.3 Å². The number of amides is 1. The van der Waals surface area contributed by atoms with E-state index >= 15 is 0 Å². The molecule has 0 radical (unpaired) electrons. The predicted molar refractivity (Wildman–Crippen MR) is 120 cm³/mol. The SMILES string of the molecule is CCCCCOc1cccc(NC(=O)O[C@H]2CCCC[C@@H]2CN2CCCC2)c1.Cl. The zero-order chi connectivity index (χ0) is 19.6. The zero-order valence-electron chi connectivity index (χ0n) is 17.7. The summed E-state index contributed by atoms with van der Waals surface area (Å²) in [6, 6.07) is 7.58. The minimum Gasteiger partial charge on any atom is -0.494 e. The van der Waals surface area contributed by atoms with E-state index in [-0.39, 0.29) is 24.6 Å². The van der Waals surface area contributed by atoms with E-state index in [0.29, 0.717) is 12.5 Å². The molecule has 0 spiro atoms. The molecule has 6 heteroatoms. The summed E-state index contributed by atoms with van der Waals surface area (Å²) in [7, 11) is 0. The quantitative estimate of drug-likeness (QED) is 0.503. The van der Waals surface area contributed by atoms with Gasteiger partial charge in [0, 0.05) is 24.2 Å². The fourth-order valence-electron chi connectivity index (χ4n) is 4.33. The number of halogens is 1. The van der Waals surface area contributed by atoms with Crippen LogP contribution in [0.4, 0.5) is 10.5 Å². The van der Waals surface area contributed by atoms with E-state index in [0.717, 1.165) is 43.7 Å². The van der Waals surface area contributed by atoms with Gasteiger partial charge in [-0.05, 0) is 63.7 Å². The third-order valence-corrected chi connectivity index (χ3v) is 5.89. The normalized spacial score (nSPS) is 22.0. The molecule has 1 aromatic rings. The summed E-state index contributed by atoms with van der Waals surface area (Å²) in [4.78, 5) is 15.0. The summed E-state index contributed by atoms with van der Waals surface area (Å²) in [5, 5.41) is 2.89. The molecule has 1 saturated heterocycles. The van der Waals surface area contributed by atoms with Gasteiger partial charge in [0.1, 0.15) is 11.9 Å². The van der Waals surface area contributed by atoms with Crippen molar-refractivity contribution < 1.29 is 14.3 Å². The number of likely N-dealkylation sites (tertiary alicyclic amines) is 1. The number of hydrogen-bond donors (Lipinski definition) is 1. The van der Waals surface area contributed by atoms with Gasteiger partial charge in [-0.3, -0.25) is 5.32 Å². The largest absolute Gasteiger partial charge is 0.494 e. The van der Waals surface area contributed by atoms with Crippen molar-refractivity contribution in [3.8, 4) is 5.75 Å². The van der Waals surface area contributed by atoms with E-state index in [2.05, 4.69) is 17.1 Å². The Labute approximate surface area is 181 Å². The summed E-state index contributed by atoms with van der Waals surface area (Å²) in [5.74, 6) is 1.25. The second-order valence-electron chi connectivity index (χ2n) is 8.20. The monoisotopic (exact) mass is 424 g/mol. The van der Waals surface area contributed by atoms with Gasteiger partial charge in [0.25, 0.3) is 0 Å². The molecule has 2 atom stereocenters. The van der Waals surface area contributed by atoms with Crippen LogP contribution in [0.15, 0.2) is 24.3 Å². The second kappa shape index (κ2) is 13.0. The van der Waals surface area contributed by atoms with Crippen LogP contribution in [0.3, 0.4) is 0 Å². The lowest BCUT2D eigenvalue weighted by Crippen LogP contribution is -2.38. The first kappa shape index (κ1) is 23.8. The van der Waals surface area contributed by atoms with Crippen LogP contribution in [0.5, 0.6) is 5.75 Å². The smallest absolute Gasteiger partial charge is 0.411 e. The number of carbonyl (C=O) groups is 1. The average molecular weight is 425 g/mol. The van der Waals surface area contributed by atoms with E-state index in [1.54, 1.807) is 0 Å². The van der Waals surface area contributed by atoms with Gasteiger partial charge in [-0.2, -0.15) is 0 Å². The number of nitrogens with zero attached hydrogens (tertiary/aromatic N) is 1. The number of rotatable bonds is 9. The number of carbonyl (C=O) groups excluding carboxylic acids is 1. The Morgan fingerprint density at radius 2 is 1.93 bits per heavy atom.